The van der Waals surface area contributed by atoms with Crippen molar-refractivity contribution in [3.63, 3.8) is 0 Å². The molecule has 0 aliphatic carbocycles. The fourth-order valence-corrected chi connectivity index (χ4v) is 3.98. The van der Waals surface area contributed by atoms with Crippen LogP contribution in [0.2, 0.25) is 0 Å². The van der Waals surface area contributed by atoms with Gasteiger partial charge in [-0.05, 0) is 56.0 Å². The molecule has 1 aliphatic rings. The van der Waals surface area contributed by atoms with E-state index in [-0.39, 0.29) is 29.7 Å². The van der Waals surface area contributed by atoms with Crippen LogP contribution in [0.5, 0.6) is 0 Å². The second-order valence-electron chi connectivity index (χ2n) is 8.10. The Morgan fingerprint density at radius 1 is 1.17 bits per heavy atom. The van der Waals surface area contributed by atoms with Crippen LogP contribution in [-0.2, 0) is 11.3 Å². The average Bonchev–Trinajstić information content (AvgIpc) is 2.73. The number of benzene rings is 2. The Labute approximate surface area is 177 Å². The number of hydrogen-bond acceptors (Lipinski definition) is 3. The number of halogens is 1. The SMILES string of the molecule is Cc1ccccc1C(=O)NC1CCN(C(C)C(=O)N(C)Cc2cccc(F)c2)CC1. The highest BCUT2D eigenvalue weighted by atomic mass is 19.1. The molecule has 160 valence electrons. The highest BCUT2D eigenvalue weighted by molar-refractivity contribution is 5.95. The number of likely N-dealkylation sites (tertiary alicyclic amines) is 1. The minimum absolute atomic E-state index is 0.0154. The van der Waals surface area contributed by atoms with Gasteiger partial charge in [0.2, 0.25) is 5.91 Å². The van der Waals surface area contributed by atoms with Crippen LogP contribution in [0.15, 0.2) is 48.5 Å². The largest absolute Gasteiger partial charge is 0.349 e. The molecule has 0 saturated carbocycles. The first kappa shape index (κ1) is 22.0. The van der Waals surface area contributed by atoms with Crippen molar-refractivity contribution in [1.29, 1.82) is 0 Å². The molecule has 0 spiro atoms. The van der Waals surface area contributed by atoms with Crippen molar-refractivity contribution < 1.29 is 14.0 Å². The maximum Gasteiger partial charge on any atom is 0.251 e. The smallest absolute Gasteiger partial charge is 0.251 e. The van der Waals surface area contributed by atoms with Gasteiger partial charge in [-0.3, -0.25) is 14.5 Å². The van der Waals surface area contributed by atoms with Gasteiger partial charge in [0.15, 0.2) is 0 Å². The van der Waals surface area contributed by atoms with E-state index in [0.29, 0.717) is 12.1 Å². The van der Waals surface area contributed by atoms with Gasteiger partial charge in [-0.25, -0.2) is 4.39 Å². The van der Waals surface area contributed by atoms with E-state index in [4.69, 9.17) is 0 Å². The van der Waals surface area contributed by atoms with Gasteiger partial charge in [-0.2, -0.15) is 0 Å². The molecule has 6 heteroatoms. The molecule has 30 heavy (non-hydrogen) atoms. The number of likely N-dealkylation sites (N-methyl/N-ethyl adjacent to an activating group) is 1. The number of carbonyl (C=O) groups is 2. The first-order valence-corrected chi connectivity index (χ1v) is 10.4. The lowest BCUT2D eigenvalue weighted by Gasteiger charge is -2.37. The average molecular weight is 412 g/mol. The van der Waals surface area contributed by atoms with Gasteiger partial charge in [0.05, 0.1) is 6.04 Å². The quantitative estimate of drug-likeness (QED) is 0.793. The van der Waals surface area contributed by atoms with Crippen LogP contribution in [0.1, 0.15) is 41.3 Å². The van der Waals surface area contributed by atoms with Crippen LogP contribution in [0, 0.1) is 12.7 Å². The summed E-state index contributed by atoms with van der Waals surface area (Å²) in [7, 11) is 1.75. The van der Waals surface area contributed by atoms with E-state index in [1.165, 1.54) is 12.1 Å². The normalized spacial score (nSPS) is 16.1. The molecule has 1 heterocycles. The third-order valence-electron chi connectivity index (χ3n) is 5.84. The van der Waals surface area contributed by atoms with E-state index < -0.39 is 0 Å². The van der Waals surface area contributed by atoms with Gasteiger partial charge < -0.3 is 10.2 Å². The molecule has 2 aromatic rings. The van der Waals surface area contributed by atoms with Crippen LogP contribution < -0.4 is 5.32 Å². The second kappa shape index (κ2) is 9.85. The molecule has 2 amide bonds. The number of aryl methyl sites for hydroxylation is 1. The summed E-state index contributed by atoms with van der Waals surface area (Å²) in [6, 6.07) is 13.8. The third kappa shape index (κ3) is 5.45. The number of carbonyl (C=O) groups excluding carboxylic acids is 2. The molecule has 1 atom stereocenters. The highest BCUT2D eigenvalue weighted by Crippen LogP contribution is 2.17. The maximum atomic E-state index is 13.4. The first-order valence-electron chi connectivity index (χ1n) is 10.4. The minimum atomic E-state index is -0.295. The van der Waals surface area contributed by atoms with Gasteiger partial charge in [0, 0.05) is 38.3 Å². The summed E-state index contributed by atoms with van der Waals surface area (Å²) in [6.45, 7) is 5.73. The number of nitrogens with one attached hydrogen (secondary N) is 1. The molecule has 1 aliphatic heterocycles. The van der Waals surface area contributed by atoms with Gasteiger partial charge in [0.1, 0.15) is 5.82 Å². The molecule has 1 fully saturated rings. The Kier molecular flexibility index (Phi) is 7.21. The zero-order valence-electron chi connectivity index (χ0n) is 17.9. The first-order chi connectivity index (χ1) is 14.3. The number of piperidine rings is 1. The van der Waals surface area contributed by atoms with Crippen LogP contribution in [0.25, 0.3) is 0 Å². The fourth-order valence-electron chi connectivity index (χ4n) is 3.98. The Bertz CT molecular complexity index is 894. The van der Waals surface area contributed by atoms with E-state index in [1.54, 1.807) is 18.0 Å². The predicted molar refractivity (Wildman–Crippen MR) is 116 cm³/mol. The second-order valence-corrected chi connectivity index (χ2v) is 8.10. The Morgan fingerprint density at radius 3 is 2.53 bits per heavy atom. The zero-order chi connectivity index (χ0) is 21.7. The van der Waals surface area contributed by atoms with Crippen molar-refractivity contribution >= 4 is 11.8 Å². The Morgan fingerprint density at radius 2 is 1.87 bits per heavy atom. The van der Waals surface area contributed by atoms with Crippen LogP contribution in [0.4, 0.5) is 4.39 Å². The van der Waals surface area contributed by atoms with Crippen LogP contribution in [0.3, 0.4) is 0 Å². The molecule has 0 radical (unpaired) electrons. The summed E-state index contributed by atoms with van der Waals surface area (Å²) in [5, 5.41) is 3.13. The fraction of sp³-hybridized carbons (Fsp3) is 0.417. The number of hydrogen-bond donors (Lipinski definition) is 1. The Hall–Kier alpha value is -2.73. The molecule has 1 unspecified atom stereocenters. The summed E-state index contributed by atoms with van der Waals surface area (Å²) in [4.78, 5) is 29.2. The standard InChI is InChI=1S/C24H30FN3O2/c1-17-7-4-5-10-22(17)23(29)26-21-11-13-28(14-12-21)18(2)24(30)27(3)16-19-8-6-9-20(25)15-19/h4-10,15,18,21H,11-14,16H2,1-3H3,(H,26,29). The molecule has 0 aromatic heterocycles. The van der Waals surface area contributed by atoms with Crippen molar-refractivity contribution in [3.05, 3.63) is 71.0 Å². The minimum Gasteiger partial charge on any atom is -0.349 e. The summed E-state index contributed by atoms with van der Waals surface area (Å²) in [6.07, 6.45) is 1.62. The topological polar surface area (TPSA) is 52.7 Å². The lowest BCUT2D eigenvalue weighted by molar-refractivity contribution is -0.136. The molecule has 1 N–H and O–H groups in total. The number of rotatable bonds is 6. The van der Waals surface area contributed by atoms with E-state index in [1.807, 2.05) is 44.2 Å². The van der Waals surface area contributed by atoms with Crippen molar-refractivity contribution in [2.75, 3.05) is 20.1 Å². The number of amides is 2. The predicted octanol–water partition coefficient (Wildman–Crippen LogP) is 3.38. The lowest BCUT2D eigenvalue weighted by Crippen LogP contribution is -2.51. The van der Waals surface area contributed by atoms with Gasteiger partial charge >= 0.3 is 0 Å². The number of nitrogens with zero attached hydrogens (tertiary/aromatic N) is 2. The summed E-state index contributed by atoms with van der Waals surface area (Å²) >= 11 is 0. The highest BCUT2D eigenvalue weighted by Gasteiger charge is 2.29. The van der Waals surface area contributed by atoms with Crippen LogP contribution in [-0.4, -0.2) is 53.8 Å². The summed E-state index contributed by atoms with van der Waals surface area (Å²) in [5.74, 6) is -0.316. The Balaban J connectivity index is 1.49. The van der Waals surface area contributed by atoms with Crippen molar-refractivity contribution in [2.24, 2.45) is 0 Å². The summed E-state index contributed by atoms with van der Waals surface area (Å²) in [5.41, 5.74) is 2.45. The third-order valence-corrected chi connectivity index (χ3v) is 5.84. The molecule has 0 bridgehead atoms. The van der Waals surface area contributed by atoms with E-state index in [2.05, 4.69) is 10.2 Å². The summed E-state index contributed by atoms with van der Waals surface area (Å²) < 4.78 is 13.4. The lowest BCUT2D eigenvalue weighted by atomic mass is 10.0. The van der Waals surface area contributed by atoms with Gasteiger partial charge in [-0.1, -0.05) is 30.3 Å². The van der Waals surface area contributed by atoms with E-state index >= 15 is 0 Å². The van der Waals surface area contributed by atoms with E-state index in [9.17, 15) is 14.0 Å². The van der Waals surface area contributed by atoms with E-state index in [0.717, 1.165) is 37.1 Å². The molecule has 5 nitrogen and oxygen atoms in total. The van der Waals surface area contributed by atoms with Crippen molar-refractivity contribution in [2.45, 2.75) is 45.3 Å². The van der Waals surface area contributed by atoms with Crippen molar-refractivity contribution in [1.82, 2.24) is 15.1 Å². The monoisotopic (exact) mass is 411 g/mol. The molecule has 2 aromatic carbocycles. The van der Waals surface area contributed by atoms with Crippen molar-refractivity contribution in [3.8, 4) is 0 Å². The van der Waals surface area contributed by atoms with Crippen LogP contribution >= 0.6 is 0 Å². The molecular weight excluding hydrogens is 381 g/mol. The maximum absolute atomic E-state index is 13.4. The van der Waals surface area contributed by atoms with Gasteiger partial charge in [0.25, 0.3) is 5.91 Å². The van der Waals surface area contributed by atoms with Gasteiger partial charge in [-0.15, -0.1) is 0 Å². The molecular formula is C24H30FN3O2. The zero-order valence-corrected chi connectivity index (χ0v) is 17.9. The molecule has 3 rings (SSSR count). The molecule has 1 saturated heterocycles.